The first kappa shape index (κ1) is 20.3. The van der Waals surface area contributed by atoms with Crippen LogP contribution in [-0.4, -0.2) is 14.0 Å². The van der Waals surface area contributed by atoms with Crippen LogP contribution >= 0.6 is 47.0 Å². The maximum Gasteiger partial charge on any atom is 0.273 e. The van der Waals surface area contributed by atoms with Gasteiger partial charge in [0.25, 0.3) is 4.45 Å². The van der Waals surface area contributed by atoms with E-state index in [0.29, 0.717) is 23.2 Å². The van der Waals surface area contributed by atoms with Crippen LogP contribution in [0.1, 0.15) is 16.4 Å². The van der Waals surface area contributed by atoms with Crippen LogP contribution in [0.3, 0.4) is 0 Å². The van der Waals surface area contributed by atoms with Gasteiger partial charge in [-0.25, -0.2) is 4.98 Å². The van der Waals surface area contributed by atoms with E-state index >= 15 is 0 Å². The standard InChI is InChI=1S/C19H16Cl2N2O2S2/c20-15-6-7-16(17(21)10-15)18(11-23-9-8-22-13-23)26-19(24)27-25-12-14-4-2-1-3-5-14/h1-10,13,18H,11-12H2. The minimum absolute atomic E-state index is 0.137. The fourth-order valence-electron chi connectivity index (χ4n) is 2.40. The summed E-state index contributed by atoms with van der Waals surface area (Å²) in [5.41, 5.74) is 1.86. The van der Waals surface area contributed by atoms with Crippen LogP contribution in [-0.2, 0) is 17.3 Å². The molecule has 1 atom stereocenters. The van der Waals surface area contributed by atoms with Crippen LogP contribution in [0.15, 0.2) is 67.3 Å². The lowest BCUT2D eigenvalue weighted by Gasteiger charge is -2.18. The van der Waals surface area contributed by atoms with Crippen molar-refractivity contribution in [1.29, 1.82) is 0 Å². The normalized spacial score (nSPS) is 12.1. The number of nitrogens with zero attached hydrogens (tertiary/aromatic N) is 2. The van der Waals surface area contributed by atoms with Crippen LogP contribution in [0.25, 0.3) is 0 Å². The Balaban J connectivity index is 1.64. The van der Waals surface area contributed by atoms with Crippen molar-refractivity contribution in [1.82, 2.24) is 9.55 Å². The van der Waals surface area contributed by atoms with Gasteiger partial charge in [-0.05, 0) is 23.3 Å². The molecule has 27 heavy (non-hydrogen) atoms. The first-order valence-electron chi connectivity index (χ1n) is 8.06. The number of hydrogen-bond acceptors (Lipinski definition) is 5. The van der Waals surface area contributed by atoms with Gasteiger partial charge >= 0.3 is 0 Å². The molecule has 1 aromatic heterocycles. The molecule has 3 rings (SSSR count). The molecule has 0 spiro atoms. The Morgan fingerprint density at radius 3 is 2.70 bits per heavy atom. The Morgan fingerprint density at radius 1 is 1.19 bits per heavy atom. The van der Waals surface area contributed by atoms with Crippen molar-refractivity contribution in [2.75, 3.05) is 0 Å². The topological polar surface area (TPSA) is 44.1 Å². The highest BCUT2D eigenvalue weighted by molar-refractivity contribution is 8.36. The quantitative estimate of drug-likeness (QED) is 0.386. The van der Waals surface area contributed by atoms with Gasteiger partial charge in [0.1, 0.15) is 0 Å². The fraction of sp³-hybridized carbons (Fsp3) is 0.158. The smallest absolute Gasteiger partial charge is 0.273 e. The third-order valence-electron chi connectivity index (χ3n) is 3.68. The van der Waals surface area contributed by atoms with Crippen LogP contribution in [0.2, 0.25) is 10.0 Å². The molecular formula is C19H16Cl2N2O2S2. The summed E-state index contributed by atoms with van der Waals surface area (Å²) in [4.78, 5) is 16.5. The lowest BCUT2D eigenvalue weighted by molar-refractivity contribution is 0.273. The Hall–Kier alpha value is -1.44. The van der Waals surface area contributed by atoms with Crippen molar-refractivity contribution in [3.05, 3.63) is 88.4 Å². The zero-order valence-corrected chi connectivity index (χ0v) is 17.3. The second-order valence-corrected chi connectivity index (χ2v) is 8.66. The second kappa shape index (κ2) is 10.2. The third kappa shape index (κ3) is 6.30. The molecule has 2 aromatic carbocycles. The van der Waals surface area contributed by atoms with Gasteiger partial charge in [0.05, 0.1) is 30.2 Å². The zero-order valence-electron chi connectivity index (χ0n) is 14.1. The molecule has 0 bridgehead atoms. The van der Waals surface area contributed by atoms with Gasteiger partial charge in [-0.1, -0.05) is 71.4 Å². The minimum Gasteiger partial charge on any atom is -0.336 e. The van der Waals surface area contributed by atoms with Gasteiger partial charge in [0.2, 0.25) is 0 Å². The molecule has 0 aliphatic rings. The van der Waals surface area contributed by atoms with Crippen LogP contribution in [0.4, 0.5) is 4.79 Å². The number of carbonyl (C=O) groups is 1. The highest BCUT2D eigenvalue weighted by Gasteiger charge is 2.21. The summed E-state index contributed by atoms with van der Waals surface area (Å²) in [7, 11) is 0. The highest BCUT2D eigenvalue weighted by Crippen LogP contribution is 2.39. The van der Waals surface area contributed by atoms with E-state index in [-0.39, 0.29) is 9.70 Å². The number of carbonyl (C=O) groups excluding carboxylic acids is 1. The second-order valence-electron chi connectivity index (χ2n) is 5.61. The van der Waals surface area contributed by atoms with Gasteiger partial charge < -0.3 is 8.75 Å². The first-order chi connectivity index (χ1) is 13.1. The summed E-state index contributed by atoms with van der Waals surface area (Å²) in [6, 6.07) is 15.0. The summed E-state index contributed by atoms with van der Waals surface area (Å²) in [5, 5.41) is 0.898. The maximum atomic E-state index is 12.4. The van der Waals surface area contributed by atoms with E-state index in [1.807, 2.05) is 47.2 Å². The van der Waals surface area contributed by atoms with Gasteiger partial charge in [-0.3, -0.25) is 4.79 Å². The Morgan fingerprint density at radius 2 is 2.00 bits per heavy atom. The van der Waals surface area contributed by atoms with Gasteiger partial charge in [-0.2, -0.15) is 0 Å². The van der Waals surface area contributed by atoms with Crippen molar-refractivity contribution >= 4 is 51.5 Å². The average molecular weight is 439 g/mol. The van der Waals surface area contributed by atoms with Crippen molar-refractivity contribution < 1.29 is 8.98 Å². The highest BCUT2D eigenvalue weighted by atomic mass is 35.5. The molecule has 1 unspecified atom stereocenters. The molecule has 8 heteroatoms. The first-order valence-corrected chi connectivity index (χ1v) is 10.4. The lowest BCUT2D eigenvalue weighted by atomic mass is 10.1. The van der Waals surface area contributed by atoms with E-state index in [0.717, 1.165) is 23.2 Å². The zero-order chi connectivity index (χ0) is 19.1. The van der Waals surface area contributed by atoms with E-state index in [4.69, 9.17) is 27.4 Å². The number of aromatic nitrogens is 2. The summed E-state index contributed by atoms with van der Waals surface area (Å²) < 4.78 is 7.25. The van der Waals surface area contributed by atoms with Gasteiger partial charge in [0.15, 0.2) is 0 Å². The lowest BCUT2D eigenvalue weighted by Crippen LogP contribution is -2.07. The predicted octanol–water partition coefficient (Wildman–Crippen LogP) is 6.65. The molecule has 0 amide bonds. The molecular weight excluding hydrogens is 423 g/mol. The SMILES string of the molecule is O=C(SOCc1ccccc1)SC(Cn1ccnc1)c1ccc(Cl)cc1Cl. The Kier molecular flexibility index (Phi) is 7.67. The Bertz CT molecular complexity index is 877. The van der Waals surface area contributed by atoms with Crippen molar-refractivity contribution in [3.63, 3.8) is 0 Å². The number of rotatable bonds is 7. The molecule has 0 aliphatic carbocycles. The number of thioether (sulfide) groups is 1. The minimum atomic E-state index is -0.190. The van der Waals surface area contributed by atoms with Crippen LogP contribution < -0.4 is 0 Å². The third-order valence-corrected chi connectivity index (χ3v) is 5.99. The van der Waals surface area contributed by atoms with Crippen molar-refractivity contribution in [2.45, 2.75) is 18.4 Å². The molecule has 0 N–H and O–H groups in total. The average Bonchev–Trinajstić information content (AvgIpc) is 3.15. The van der Waals surface area contributed by atoms with Crippen molar-refractivity contribution in [2.24, 2.45) is 0 Å². The summed E-state index contributed by atoms with van der Waals surface area (Å²) in [6.07, 6.45) is 5.26. The van der Waals surface area contributed by atoms with Crippen molar-refractivity contribution in [3.8, 4) is 0 Å². The number of hydrogen-bond donors (Lipinski definition) is 0. The number of imidazole rings is 1. The monoisotopic (exact) mass is 438 g/mol. The summed E-state index contributed by atoms with van der Waals surface area (Å²) >= 11 is 14.4. The van der Waals surface area contributed by atoms with E-state index in [1.165, 1.54) is 11.8 Å². The van der Waals surface area contributed by atoms with Gasteiger partial charge in [0, 0.05) is 29.0 Å². The molecule has 0 aliphatic heterocycles. The maximum absolute atomic E-state index is 12.4. The Labute approximate surface area is 176 Å². The van der Waals surface area contributed by atoms with Crippen LogP contribution in [0, 0.1) is 0 Å². The number of benzene rings is 2. The molecule has 1 heterocycles. The molecule has 140 valence electrons. The molecule has 0 saturated heterocycles. The molecule has 3 aromatic rings. The van der Waals surface area contributed by atoms with Gasteiger partial charge in [-0.15, -0.1) is 0 Å². The molecule has 0 radical (unpaired) electrons. The molecule has 0 fully saturated rings. The number of halogens is 2. The summed E-state index contributed by atoms with van der Waals surface area (Å²) in [5.74, 6) is 0. The molecule has 0 saturated carbocycles. The van der Waals surface area contributed by atoms with E-state index in [1.54, 1.807) is 24.7 Å². The summed E-state index contributed by atoms with van der Waals surface area (Å²) in [6.45, 7) is 0.919. The fourth-order valence-corrected chi connectivity index (χ4v) is 4.76. The van der Waals surface area contributed by atoms with E-state index in [9.17, 15) is 4.79 Å². The predicted molar refractivity (Wildman–Crippen MR) is 113 cm³/mol. The largest absolute Gasteiger partial charge is 0.336 e. The van der Waals surface area contributed by atoms with E-state index < -0.39 is 0 Å². The molecule has 4 nitrogen and oxygen atoms in total. The van der Waals surface area contributed by atoms with E-state index in [2.05, 4.69) is 4.98 Å². The van der Waals surface area contributed by atoms with Crippen LogP contribution in [0.5, 0.6) is 0 Å².